The molecule has 0 atom stereocenters. The van der Waals surface area contributed by atoms with Crippen molar-refractivity contribution in [2.24, 2.45) is 0 Å². The first-order valence-corrected chi connectivity index (χ1v) is 8.88. The minimum absolute atomic E-state index is 0.185. The molecule has 128 valence electrons. The summed E-state index contributed by atoms with van der Waals surface area (Å²) in [6, 6.07) is 14.6. The van der Waals surface area contributed by atoms with Gasteiger partial charge in [0, 0.05) is 21.8 Å². The Hall–Kier alpha value is -2.66. The van der Waals surface area contributed by atoms with Gasteiger partial charge in [-0.2, -0.15) is 0 Å². The Morgan fingerprint density at radius 2 is 1.84 bits per heavy atom. The number of ether oxygens (including phenoxy) is 1. The van der Waals surface area contributed by atoms with Crippen LogP contribution in [0, 0.1) is 13.8 Å². The summed E-state index contributed by atoms with van der Waals surface area (Å²) >= 11 is 1.69. The average molecular weight is 353 g/mol. The van der Waals surface area contributed by atoms with Gasteiger partial charge in [-0.15, -0.1) is 11.3 Å². The van der Waals surface area contributed by atoms with E-state index in [4.69, 9.17) is 4.74 Å². The second kappa shape index (κ2) is 7.49. The van der Waals surface area contributed by atoms with Crippen LogP contribution < -0.4 is 0 Å². The number of aryl methyl sites for hydroxylation is 1. The van der Waals surface area contributed by atoms with E-state index in [-0.39, 0.29) is 12.4 Å². The summed E-state index contributed by atoms with van der Waals surface area (Å²) in [5, 5.41) is 2.04. The first kappa shape index (κ1) is 17.2. The van der Waals surface area contributed by atoms with Gasteiger partial charge in [-0.25, -0.2) is 4.79 Å². The van der Waals surface area contributed by atoms with Crippen molar-refractivity contribution in [3.8, 4) is 0 Å². The predicted molar refractivity (Wildman–Crippen MR) is 98.4 cm³/mol. The molecule has 2 heterocycles. The molecule has 0 saturated carbocycles. The molecule has 25 heavy (non-hydrogen) atoms. The Morgan fingerprint density at radius 3 is 2.52 bits per heavy atom. The highest BCUT2D eigenvalue weighted by atomic mass is 32.1. The van der Waals surface area contributed by atoms with E-state index in [0.717, 1.165) is 17.9 Å². The van der Waals surface area contributed by atoms with Crippen LogP contribution in [0.3, 0.4) is 0 Å². The molecule has 0 radical (unpaired) electrons. The lowest BCUT2D eigenvalue weighted by Crippen LogP contribution is -2.15. The number of aromatic nitrogens is 1. The third-order valence-electron chi connectivity index (χ3n) is 4.11. The van der Waals surface area contributed by atoms with Crippen LogP contribution >= 0.6 is 11.3 Å². The zero-order valence-corrected chi connectivity index (χ0v) is 15.0. The lowest BCUT2D eigenvalue weighted by atomic mass is 10.1. The monoisotopic (exact) mass is 353 g/mol. The molecular weight excluding hydrogens is 334 g/mol. The number of benzene rings is 1. The number of carbonyl (C=O) groups excluding carboxylic acids is 2. The van der Waals surface area contributed by atoms with Gasteiger partial charge in [-0.05, 0) is 43.5 Å². The summed E-state index contributed by atoms with van der Waals surface area (Å²) in [6.45, 7) is 4.39. The van der Waals surface area contributed by atoms with Crippen LogP contribution in [0.5, 0.6) is 0 Å². The van der Waals surface area contributed by atoms with Gasteiger partial charge >= 0.3 is 5.97 Å². The van der Waals surface area contributed by atoms with Crippen LogP contribution in [-0.2, 0) is 11.3 Å². The van der Waals surface area contributed by atoms with E-state index >= 15 is 0 Å². The molecule has 0 amide bonds. The van der Waals surface area contributed by atoms with Gasteiger partial charge in [0.1, 0.15) is 0 Å². The molecule has 0 saturated heterocycles. The summed E-state index contributed by atoms with van der Waals surface area (Å²) in [5.41, 5.74) is 2.96. The van der Waals surface area contributed by atoms with Gasteiger partial charge in [0.2, 0.25) is 5.78 Å². The highest BCUT2D eigenvalue weighted by molar-refractivity contribution is 7.09. The SMILES string of the molecule is Cc1cc(C(=O)COC(=O)c2ccccc2)c(C)n1Cc1cccs1. The molecular formula is C20H19NO3S. The van der Waals surface area contributed by atoms with Crippen molar-refractivity contribution in [1.29, 1.82) is 0 Å². The minimum atomic E-state index is -0.485. The third-order valence-corrected chi connectivity index (χ3v) is 4.97. The van der Waals surface area contributed by atoms with E-state index in [0.29, 0.717) is 11.1 Å². The van der Waals surface area contributed by atoms with E-state index in [1.807, 2.05) is 37.4 Å². The molecule has 3 rings (SSSR count). The van der Waals surface area contributed by atoms with Gasteiger partial charge in [-0.1, -0.05) is 24.3 Å². The second-order valence-electron chi connectivity index (χ2n) is 5.82. The van der Waals surface area contributed by atoms with E-state index in [2.05, 4.69) is 10.6 Å². The van der Waals surface area contributed by atoms with Gasteiger partial charge in [-0.3, -0.25) is 4.79 Å². The smallest absolute Gasteiger partial charge is 0.338 e. The summed E-state index contributed by atoms with van der Waals surface area (Å²) in [6.07, 6.45) is 0. The van der Waals surface area contributed by atoms with Crippen molar-refractivity contribution in [3.05, 3.63) is 81.3 Å². The number of ketones is 1. The summed E-state index contributed by atoms with van der Waals surface area (Å²) < 4.78 is 7.27. The maximum atomic E-state index is 12.5. The number of rotatable bonds is 6. The van der Waals surface area contributed by atoms with E-state index < -0.39 is 5.97 Å². The summed E-state index contributed by atoms with van der Waals surface area (Å²) in [7, 11) is 0. The van der Waals surface area contributed by atoms with Crippen molar-refractivity contribution in [3.63, 3.8) is 0 Å². The predicted octanol–water partition coefficient (Wildman–Crippen LogP) is 4.25. The van der Waals surface area contributed by atoms with Crippen LogP contribution in [0.4, 0.5) is 0 Å². The third kappa shape index (κ3) is 3.88. The Balaban J connectivity index is 1.69. The number of Topliss-reactive ketones (excluding diaryl/α,β-unsaturated/α-hetero) is 1. The Kier molecular flexibility index (Phi) is 5.14. The fourth-order valence-electron chi connectivity index (χ4n) is 2.75. The van der Waals surface area contributed by atoms with Crippen molar-refractivity contribution < 1.29 is 14.3 Å². The molecule has 3 aromatic rings. The quantitative estimate of drug-likeness (QED) is 0.491. The average Bonchev–Trinajstić information content (AvgIpc) is 3.24. The normalized spacial score (nSPS) is 10.6. The minimum Gasteiger partial charge on any atom is -0.454 e. The molecule has 2 aromatic heterocycles. The standard InChI is InChI=1S/C20H19NO3S/c1-14-11-18(15(2)21(14)12-17-9-6-10-25-17)19(22)13-24-20(23)16-7-4-3-5-8-16/h3-11H,12-13H2,1-2H3. The van der Waals surface area contributed by atoms with Crippen LogP contribution in [-0.4, -0.2) is 22.9 Å². The van der Waals surface area contributed by atoms with Crippen molar-refractivity contribution >= 4 is 23.1 Å². The molecule has 4 nitrogen and oxygen atoms in total. The highest BCUT2D eigenvalue weighted by Crippen LogP contribution is 2.20. The first-order chi connectivity index (χ1) is 12.1. The molecule has 0 fully saturated rings. The number of esters is 1. The molecule has 1 aromatic carbocycles. The van der Waals surface area contributed by atoms with Gasteiger partial charge < -0.3 is 9.30 Å². The molecule has 5 heteroatoms. The molecule has 0 aliphatic heterocycles. The molecule has 0 N–H and O–H groups in total. The van der Waals surface area contributed by atoms with Gasteiger partial charge in [0.15, 0.2) is 6.61 Å². The number of hydrogen-bond donors (Lipinski definition) is 0. The zero-order valence-electron chi connectivity index (χ0n) is 14.2. The number of nitrogens with zero attached hydrogens (tertiary/aromatic N) is 1. The van der Waals surface area contributed by atoms with E-state index in [9.17, 15) is 9.59 Å². The first-order valence-electron chi connectivity index (χ1n) is 8.00. The maximum Gasteiger partial charge on any atom is 0.338 e. The molecule has 0 spiro atoms. The van der Waals surface area contributed by atoms with Gasteiger partial charge in [0.25, 0.3) is 0 Å². The number of hydrogen-bond acceptors (Lipinski definition) is 4. The summed E-state index contributed by atoms with van der Waals surface area (Å²) in [5.74, 6) is -0.670. The zero-order chi connectivity index (χ0) is 17.8. The number of thiophene rings is 1. The van der Waals surface area contributed by atoms with Crippen LogP contribution in [0.25, 0.3) is 0 Å². The number of carbonyl (C=O) groups is 2. The van der Waals surface area contributed by atoms with E-state index in [1.165, 1.54) is 4.88 Å². The van der Waals surface area contributed by atoms with Crippen LogP contribution in [0.2, 0.25) is 0 Å². The Labute approximate surface area is 150 Å². The molecule has 0 aliphatic rings. The highest BCUT2D eigenvalue weighted by Gasteiger charge is 2.18. The van der Waals surface area contributed by atoms with Crippen molar-refractivity contribution in [2.45, 2.75) is 20.4 Å². The van der Waals surface area contributed by atoms with Crippen molar-refractivity contribution in [2.75, 3.05) is 6.61 Å². The Morgan fingerprint density at radius 1 is 1.08 bits per heavy atom. The van der Waals surface area contributed by atoms with Crippen molar-refractivity contribution in [1.82, 2.24) is 4.57 Å². The Bertz CT molecular complexity index is 879. The molecule has 0 aliphatic carbocycles. The second-order valence-corrected chi connectivity index (χ2v) is 6.85. The largest absolute Gasteiger partial charge is 0.454 e. The maximum absolute atomic E-state index is 12.5. The fourth-order valence-corrected chi connectivity index (χ4v) is 3.44. The van der Waals surface area contributed by atoms with Crippen LogP contribution in [0.1, 0.15) is 37.0 Å². The topological polar surface area (TPSA) is 48.3 Å². The van der Waals surface area contributed by atoms with E-state index in [1.54, 1.807) is 35.6 Å². The fraction of sp³-hybridized carbons (Fsp3) is 0.200. The molecule has 0 unspecified atom stereocenters. The van der Waals surface area contributed by atoms with Gasteiger partial charge in [0.05, 0.1) is 12.1 Å². The lowest BCUT2D eigenvalue weighted by molar-refractivity contribution is 0.0474. The lowest BCUT2D eigenvalue weighted by Gasteiger charge is -2.08. The summed E-state index contributed by atoms with van der Waals surface area (Å²) in [4.78, 5) is 25.7. The van der Waals surface area contributed by atoms with Crippen LogP contribution in [0.15, 0.2) is 53.9 Å². The molecule has 0 bridgehead atoms.